The first kappa shape index (κ1) is 44.5. The van der Waals surface area contributed by atoms with Gasteiger partial charge in [-0.25, -0.2) is 0 Å². The van der Waals surface area contributed by atoms with Crippen molar-refractivity contribution in [1.29, 1.82) is 0 Å². The molecule has 2 aromatic rings. The molecule has 0 radical (unpaired) electrons. The molecule has 3 atom stereocenters. The van der Waals surface area contributed by atoms with Crippen molar-refractivity contribution < 1.29 is 34.8 Å². The van der Waals surface area contributed by atoms with Gasteiger partial charge in [0.1, 0.15) is 11.5 Å². The van der Waals surface area contributed by atoms with Crippen molar-refractivity contribution in [3.63, 3.8) is 0 Å². The number of carbonyl (C=O) groups excluding carboxylic acids is 1. The molecule has 8 heteroatoms. The van der Waals surface area contributed by atoms with Gasteiger partial charge in [0.2, 0.25) is 0 Å². The van der Waals surface area contributed by atoms with Crippen LogP contribution in [0.2, 0.25) is 0 Å². The fraction of sp³-hybridized carbons (Fsp3) is 0.625. The zero-order valence-electron chi connectivity index (χ0n) is 31.4. The summed E-state index contributed by atoms with van der Waals surface area (Å²) in [6.07, 6.45) is 12.2. The fourth-order valence-electron chi connectivity index (χ4n) is 5.89. The van der Waals surface area contributed by atoms with E-state index in [-0.39, 0.29) is 17.4 Å². The summed E-state index contributed by atoms with van der Waals surface area (Å²) in [5.41, 5.74) is 3.17. The number of aromatic hydroxyl groups is 2. The van der Waals surface area contributed by atoms with E-state index in [0.717, 1.165) is 67.2 Å². The summed E-state index contributed by atoms with van der Waals surface area (Å²) in [6, 6.07) is 9.39. The minimum Gasteiger partial charge on any atom is -0.507 e. The van der Waals surface area contributed by atoms with Crippen molar-refractivity contribution in [2.75, 3.05) is 0 Å². The molecular formula is C40H65NO7. The number of carbonyl (C=O) groups is 3. The number of carboxylic acids is 2. The highest BCUT2D eigenvalue weighted by atomic mass is 16.4. The van der Waals surface area contributed by atoms with Crippen LogP contribution in [-0.2, 0) is 16.0 Å². The molecule has 0 aliphatic carbocycles. The lowest BCUT2D eigenvalue weighted by Gasteiger charge is -2.32. The van der Waals surface area contributed by atoms with Crippen molar-refractivity contribution in [3.8, 4) is 11.5 Å². The summed E-state index contributed by atoms with van der Waals surface area (Å²) in [5, 5.41) is 39.7. The van der Waals surface area contributed by atoms with Crippen molar-refractivity contribution in [3.05, 3.63) is 58.1 Å². The van der Waals surface area contributed by atoms with Gasteiger partial charge in [-0.2, -0.15) is 0 Å². The standard InChI is InChI=1S/C36H57NO3.2C2H4O2/c1-25(2)15-12-16-26(3)17-13-18-27(4)19-14-23-36(8,37-35(40)31-20-10-9-11-21-31)24-22-32-30(7)33(38)28(5)29(6)34(32)39;2*1-2(3)4/h9-11,20-21,25-27,38-39H,12-19,22-24H2,1-8H3,(H,37,40);2*1H3,(H,3,4). The summed E-state index contributed by atoms with van der Waals surface area (Å²) in [6.45, 7) is 19.2. The number of rotatable bonds is 17. The predicted molar refractivity (Wildman–Crippen MR) is 196 cm³/mol. The number of aliphatic carboxylic acids is 2. The third-order valence-electron chi connectivity index (χ3n) is 9.04. The van der Waals surface area contributed by atoms with Crippen LogP contribution >= 0.6 is 0 Å². The minimum atomic E-state index is -0.833. The monoisotopic (exact) mass is 671 g/mol. The lowest BCUT2D eigenvalue weighted by Crippen LogP contribution is -2.46. The second kappa shape index (κ2) is 22.9. The van der Waals surface area contributed by atoms with Crippen molar-refractivity contribution >= 4 is 17.8 Å². The highest BCUT2D eigenvalue weighted by molar-refractivity contribution is 5.94. The van der Waals surface area contributed by atoms with E-state index in [1.54, 1.807) is 0 Å². The number of nitrogens with one attached hydrogen (secondary N) is 1. The largest absolute Gasteiger partial charge is 0.507 e. The maximum atomic E-state index is 13.2. The molecule has 0 aliphatic rings. The number of carboxylic acid groups (broad SMARTS) is 2. The van der Waals surface area contributed by atoms with E-state index in [4.69, 9.17) is 19.8 Å². The molecule has 0 bridgehead atoms. The molecule has 0 aliphatic heterocycles. The van der Waals surface area contributed by atoms with Crippen LogP contribution in [0.4, 0.5) is 0 Å². The van der Waals surface area contributed by atoms with E-state index in [0.29, 0.717) is 24.3 Å². The van der Waals surface area contributed by atoms with Gasteiger partial charge in [0.25, 0.3) is 17.8 Å². The summed E-state index contributed by atoms with van der Waals surface area (Å²) < 4.78 is 0. The molecule has 0 heterocycles. The van der Waals surface area contributed by atoms with Crippen LogP contribution < -0.4 is 5.32 Å². The van der Waals surface area contributed by atoms with E-state index >= 15 is 0 Å². The summed E-state index contributed by atoms with van der Waals surface area (Å²) >= 11 is 0. The Labute approximate surface area is 290 Å². The SMILES string of the molecule is CC(=O)O.CC(=O)O.Cc1c(C)c(O)c(CCC(C)(CCCC(C)CCCC(C)CCCC(C)C)NC(=O)c2ccccc2)c(C)c1O. The molecule has 2 rings (SSSR count). The molecule has 0 saturated heterocycles. The molecular weight excluding hydrogens is 606 g/mol. The maximum absolute atomic E-state index is 13.2. The molecule has 0 aromatic heterocycles. The van der Waals surface area contributed by atoms with Gasteiger partial charge in [0.05, 0.1) is 0 Å². The van der Waals surface area contributed by atoms with E-state index < -0.39 is 17.5 Å². The Morgan fingerprint density at radius 2 is 1.12 bits per heavy atom. The van der Waals surface area contributed by atoms with Gasteiger partial charge in [-0.1, -0.05) is 97.3 Å². The second-order valence-electron chi connectivity index (χ2n) is 14.3. The number of phenolic OH excluding ortho intramolecular Hbond substituents is 2. The van der Waals surface area contributed by atoms with E-state index in [9.17, 15) is 15.0 Å². The van der Waals surface area contributed by atoms with Gasteiger partial charge in [-0.3, -0.25) is 14.4 Å². The molecule has 3 unspecified atom stereocenters. The Balaban J connectivity index is 0.00000247. The van der Waals surface area contributed by atoms with Gasteiger partial charge in [-0.15, -0.1) is 0 Å². The Kier molecular flexibility index (Phi) is 21.2. The lowest BCUT2D eigenvalue weighted by atomic mass is 9.84. The average molecular weight is 672 g/mol. The zero-order chi connectivity index (χ0) is 37.0. The number of hydrogen-bond donors (Lipinski definition) is 5. The molecule has 1 amide bonds. The first-order valence-electron chi connectivity index (χ1n) is 17.6. The van der Waals surface area contributed by atoms with Crippen LogP contribution in [0.25, 0.3) is 0 Å². The van der Waals surface area contributed by atoms with E-state index in [1.165, 1.54) is 38.5 Å². The first-order chi connectivity index (χ1) is 22.3. The maximum Gasteiger partial charge on any atom is 0.300 e. The molecule has 2 aromatic carbocycles. The molecule has 0 spiro atoms. The summed E-state index contributed by atoms with van der Waals surface area (Å²) in [4.78, 5) is 31.2. The normalized spacial score (nSPS) is 13.2. The van der Waals surface area contributed by atoms with Gasteiger partial charge in [0, 0.05) is 30.5 Å². The number of phenols is 2. The van der Waals surface area contributed by atoms with E-state index in [1.807, 2.05) is 51.1 Å². The van der Waals surface area contributed by atoms with Crippen molar-refractivity contribution in [2.24, 2.45) is 17.8 Å². The summed E-state index contributed by atoms with van der Waals surface area (Å²) in [7, 11) is 0. The zero-order valence-corrected chi connectivity index (χ0v) is 31.4. The quantitative estimate of drug-likeness (QED) is 0.105. The first-order valence-corrected chi connectivity index (χ1v) is 17.6. The molecule has 0 fully saturated rings. The third-order valence-corrected chi connectivity index (χ3v) is 9.04. The number of benzene rings is 2. The number of hydrogen-bond acceptors (Lipinski definition) is 5. The topological polar surface area (TPSA) is 144 Å². The predicted octanol–water partition coefficient (Wildman–Crippen LogP) is 9.77. The average Bonchev–Trinajstić information content (AvgIpc) is 2.98. The van der Waals surface area contributed by atoms with Crippen LogP contribution in [0.15, 0.2) is 30.3 Å². The molecule has 5 N–H and O–H groups in total. The van der Waals surface area contributed by atoms with Crippen LogP contribution in [0.3, 0.4) is 0 Å². The Morgan fingerprint density at radius 1 is 0.688 bits per heavy atom. The second-order valence-corrected chi connectivity index (χ2v) is 14.3. The van der Waals surface area contributed by atoms with Crippen LogP contribution in [-0.4, -0.2) is 43.8 Å². The van der Waals surface area contributed by atoms with Gasteiger partial charge in [-0.05, 0) is 93.5 Å². The van der Waals surface area contributed by atoms with Crippen molar-refractivity contribution in [2.45, 2.75) is 145 Å². The van der Waals surface area contributed by atoms with Gasteiger partial charge in [0.15, 0.2) is 0 Å². The Bertz CT molecular complexity index is 1210. The Morgan fingerprint density at radius 3 is 1.60 bits per heavy atom. The summed E-state index contributed by atoms with van der Waals surface area (Å²) in [5.74, 6) is 1.07. The van der Waals surface area contributed by atoms with Gasteiger partial charge < -0.3 is 25.7 Å². The number of amides is 1. The van der Waals surface area contributed by atoms with Crippen LogP contribution in [0, 0.1) is 38.5 Å². The smallest absolute Gasteiger partial charge is 0.300 e. The van der Waals surface area contributed by atoms with Crippen molar-refractivity contribution in [1.82, 2.24) is 5.32 Å². The molecule has 272 valence electrons. The van der Waals surface area contributed by atoms with E-state index in [2.05, 4.69) is 39.9 Å². The lowest BCUT2D eigenvalue weighted by molar-refractivity contribution is -0.135. The Hall–Kier alpha value is -3.55. The molecule has 48 heavy (non-hydrogen) atoms. The third kappa shape index (κ3) is 18.7. The molecule has 8 nitrogen and oxygen atoms in total. The highest BCUT2D eigenvalue weighted by Crippen LogP contribution is 2.38. The molecule has 0 saturated carbocycles. The minimum absolute atomic E-state index is 0.0634. The highest BCUT2D eigenvalue weighted by Gasteiger charge is 2.28. The fourth-order valence-corrected chi connectivity index (χ4v) is 5.89. The van der Waals surface area contributed by atoms with Crippen LogP contribution in [0.1, 0.15) is 145 Å². The van der Waals surface area contributed by atoms with Gasteiger partial charge >= 0.3 is 0 Å². The van der Waals surface area contributed by atoms with Crippen LogP contribution in [0.5, 0.6) is 11.5 Å².